The van der Waals surface area contributed by atoms with E-state index in [1.54, 1.807) is 0 Å². The highest BCUT2D eigenvalue weighted by Crippen LogP contribution is 2.33. The van der Waals surface area contributed by atoms with Crippen molar-refractivity contribution >= 4 is 23.3 Å². The summed E-state index contributed by atoms with van der Waals surface area (Å²) in [5, 5.41) is 11.6. The minimum Gasteiger partial charge on any atom is -0.478 e. The molecule has 0 aliphatic rings. The van der Waals surface area contributed by atoms with Gasteiger partial charge in [0.1, 0.15) is 0 Å². The molecule has 0 saturated heterocycles. The van der Waals surface area contributed by atoms with Crippen LogP contribution in [-0.4, -0.2) is 16.1 Å². The number of carbonyl (C=O) groups is 1. The van der Waals surface area contributed by atoms with Crippen LogP contribution in [0.4, 0.5) is 18.9 Å². The number of nitrogens with one attached hydrogen (secondary N) is 1. The summed E-state index contributed by atoms with van der Waals surface area (Å²) in [4.78, 5) is 14.8. The number of rotatable bonds is 4. The quantitative estimate of drug-likeness (QED) is 0.887. The second-order valence-electron chi connectivity index (χ2n) is 4.39. The van der Waals surface area contributed by atoms with Crippen molar-refractivity contribution in [3.63, 3.8) is 0 Å². The highest BCUT2D eigenvalue weighted by Gasteiger charge is 2.30. The number of carboxylic acid groups (broad SMARTS) is 1. The van der Waals surface area contributed by atoms with Gasteiger partial charge >= 0.3 is 12.1 Å². The van der Waals surface area contributed by atoms with Crippen molar-refractivity contribution in [3.05, 3.63) is 58.4 Å². The standard InChI is InChI=1S/C14H10ClF3N2O2/c15-11-6-9(14(16,17)18)1-2-12(11)20-7-10-5-8(13(21)22)3-4-19-10/h1-6,20H,7H2,(H,21,22). The van der Waals surface area contributed by atoms with Crippen molar-refractivity contribution in [1.29, 1.82) is 0 Å². The Balaban J connectivity index is 2.12. The average molecular weight is 331 g/mol. The summed E-state index contributed by atoms with van der Waals surface area (Å²) in [5.74, 6) is -1.09. The zero-order valence-corrected chi connectivity index (χ0v) is 11.7. The highest BCUT2D eigenvalue weighted by molar-refractivity contribution is 6.33. The molecule has 2 rings (SSSR count). The van der Waals surface area contributed by atoms with Crippen molar-refractivity contribution < 1.29 is 23.1 Å². The fraction of sp³-hybridized carbons (Fsp3) is 0.143. The number of aromatic nitrogens is 1. The molecular formula is C14H10ClF3N2O2. The van der Waals surface area contributed by atoms with Gasteiger partial charge in [-0.3, -0.25) is 4.98 Å². The molecule has 0 atom stereocenters. The second-order valence-corrected chi connectivity index (χ2v) is 4.79. The Morgan fingerprint density at radius 1 is 1.27 bits per heavy atom. The molecule has 0 unspecified atom stereocenters. The van der Waals surface area contributed by atoms with Crippen molar-refractivity contribution in [3.8, 4) is 0 Å². The average Bonchev–Trinajstić information content (AvgIpc) is 2.45. The summed E-state index contributed by atoms with van der Waals surface area (Å²) in [5.41, 5.74) is -0.0348. The molecule has 0 aliphatic heterocycles. The van der Waals surface area contributed by atoms with Gasteiger partial charge in [-0.2, -0.15) is 13.2 Å². The van der Waals surface area contributed by atoms with Crippen LogP contribution in [-0.2, 0) is 12.7 Å². The number of benzene rings is 1. The Kier molecular flexibility index (Phi) is 4.56. The zero-order valence-electron chi connectivity index (χ0n) is 11.0. The lowest BCUT2D eigenvalue weighted by atomic mass is 10.2. The number of halogens is 4. The summed E-state index contributed by atoms with van der Waals surface area (Å²) in [6.45, 7) is 0.131. The van der Waals surface area contributed by atoms with Gasteiger partial charge in [-0.15, -0.1) is 0 Å². The normalized spacial score (nSPS) is 11.3. The molecular weight excluding hydrogens is 321 g/mol. The maximum Gasteiger partial charge on any atom is 0.416 e. The summed E-state index contributed by atoms with van der Waals surface area (Å²) in [6.07, 6.45) is -3.12. The van der Waals surface area contributed by atoms with E-state index in [0.717, 1.165) is 12.1 Å². The van der Waals surface area contributed by atoms with Crippen LogP contribution in [0.1, 0.15) is 21.6 Å². The number of anilines is 1. The van der Waals surface area contributed by atoms with E-state index in [-0.39, 0.29) is 17.1 Å². The molecule has 0 aliphatic carbocycles. The number of pyridine rings is 1. The first-order valence-electron chi connectivity index (χ1n) is 6.06. The fourth-order valence-electron chi connectivity index (χ4n) is 1.73. The first-order chi connectivity index (χ1) is 10.3. The fourth-order valence-corrected chi connectivity index (χ4v) is 1.98. The molecule has 0 fully saturated rings. The van der Waals surface area contributed by atoms with Gasteiger partial charge in [0.25, 0.3) is 0 Å². The highest BCUT2D eigenvalue weighted by atomic mass is 35.5. The van der Waals surface area contributed by atoms with Crippen LogP contribution < -0.4 is 5.32 Å². The van der Waals surface area contributed by atoms with Gasteiger partial charge in [-0.1, -0.05) is 11.6 Å². The third-order valence-corrected chi connectivity index (χ3v) is 3.13. The molecule has 0 amide bonds. The van der Waals surface area contributed by atoms with Crippen molar-refractivity contribution in [1.82, 2.24) is 4.98 Å². The molecule has 0 bridgehead atoms. The lowest BCUT2D eigenvalue weighted by Gasteiger charge is -2.11. The first-order valence-corrected chi connectivity index (χ1v) is 6.44. The Hall–Kier alpha value is -2.28. The van der Waals surface area contributed by atoms with Crippen LogP contribution in [0.15, 0.2) is 36.5 Å². The molecule has 2 N–H and O–H groups in total. The summed E-state index contributed by atoms with van der Waals surface area (Å²) < 4.78 is 37.6. The van der Waals surface area contributed by atoms with Crippen LogP contribution in [0, 0.1) is 0 Å². The van der Waals surface area contributed by atoms with Crippen LogP contribution in [0.2, 0.25) is 5.02 Å². The van der Waals surface area contributed by atoms with Crippen molar-refractivity contribution in [2.45, 2.75) is 12.7 Å². The number of hydrogen-bond donors (Lipinski definition) is 2. The molecule has 1 aromatic heterocycles. The molecule has 22 heavy (non-hydrogen) atoms. The van der Waals surface area contributed by atoms with Crippen LogP contribution in [0.5, 0.6) is 0 Å². The Labute approximate surface area is 128 Å². The maximum atomic E-state index is 12.5. The Morgan fingerprint density at radius 3 is 2.59 bits per heavy atom. The minimum atomic E-state index is -4.46. The molecule has 1 aromatic carbocycles. The maximum absolute atomic E-state index is 12.5. The molecule has 4 nitrogen and oxygen atoms in total. The summed E-state index contributed by atoms with van der Waals surface area (Å²) in [7, 11) is 0. The van der Waals surface area contributed by atoms with E-state index in [9.17, 15) is 18.0 Å². The van der Waals surface area contributed by atoms with Gasteiger partial charge in [-0.05, 0) is 30.3 Å². The van der Waals surface area contributed by atoms with Crippen molar-refractivity contribution in [2.75, 3.05) is 5.32 Å². The lowest BCUT2D eigenvalue weighted by Crippen LogP contribution is -2.07. The number of alkyl halides is 3. The second kappa shape index (κ2) is 6.23. The number of hydrogen-bond acceptors (Lipinski definition) is 3. The van der Waals surface area contributed by atoms with Crippen LogP contribution >= 0.6 is 11.6 Å². The third-order valence-electron chi connectivity index (χ3n) is 2.82. The first kappa shape index (κ1) is 16.1. The number of nitrogens with zero attached hydrogens (tertiary/aromatic N) is 1. The van der Waals surface area contributed by atoms with Crippen LogP contribution in [0.3, 0.4) is 0 Å². The zero-order chi connectivity index (χ0) is 16.3. The van der Waals surface area contributed by atoms with Gasteiger partial charge in [0.05, 0.1) is 34.1 Å². The molecule has 1 heterocycles. The monoisotopic (exact) mass is 330 g/mol. The Morgan fingerprint density at radius 2 is 2.00 bits per heavy atom. The smallest absolute Gasteiger partial charge is 0.416 e. The lowest BCUT2D eigenvalue weighted by molar-refractivity contribution is -0.137. The van der Waals surface area contributed by atoms with E-state index in [2.05, 4.69) is 10.3 Å². The molecule has 8 heteroatoms. The Bertz CT molecular complexity index is 705. The van der Waals surface area contributed by atoms with Gasteiger partial charge in [0, 0.05) is 6.20 Å². The topological polar surface area (TPSA) is 62.2 Å². The van der Waals surface area contributed by atoms with E-state index in [4.69, 9.17) is 16.7 Å². The van der Waals surface area contributed by atoms with E-state index in [1.807, 2.05) is 0 Å². The van der Waals surface area contributed by atoms with Crippen molar-refractivity contribution in [2.24, 2.45) is 0 Å². The van der Waals surface area contributed by atoms with E-state index < -0.39 is 17.7 Å². The van der Waals surface area contributed by atoms with E-state index >= 15 is 0 Å². The summed E-state index contributed by atoms with van der Waals surface area (Å²) >= 11 is 5.81. The largest absolute Gasteiger partial charge is 0.478 e. The predicted octanol–water partition coefficient (Wildman–Crippen LogP) is 4.06. The molecule has 116 valence electrons. The molecule has 2 aromatic rings. The minimum absolute atomic E-state index is 0.0744. The van der Waals surface area contributed by atoms with E-state index in [1.165, 1.54) is 24.4 Å². The SMILES string of the molecule is O=C(O)c1ccnc(CNc2ccc(C(F)(F)F)cc2Cl)c1. The molecule has 0 radical (unpaired) electrons. The number of aromatic carboxylic acids is 1. The third kappa shape index (κ3) is 3.88. The predicted molar refractivity (Wildman–Crippen MR) is 75.0 cm³/mol. The van der Waals surface area contributed by atoms with E-state index in [0.29, 0.717) is 11.4 Å². The summed E-state index contributed by atoms with van der Waals surface area (Å²) in [6, 6.07) is 5.66. The van der Waals surface area contributed by atoms with Gasteiger partial charge in [0.15, 0.2) is 0 Å². The number of carboxylic acids is 1. The van der Waals surface area contributed by atoms with Gasteiger partial charge in [0.2, 0.25) is 0 Å². The van der Waals surface area contributed by atoms with Gasteiger partial charge in [-0.25, -0.2) is 4.79 Å². The van der Waals surface area contributed by atoms with Crippen LogP contribution in [0.25, 0.3) is 0 Å². The molecule has 0 spiro atoms. The molecule has 0 saturated carbocycles. The van der Waals surface area contributed by atoms with Gasteiger partial charge < -0.3 is 10.4 Å².